The number of primary amides is 1. The standard InChI is InChI=1S/C20H25N3O6/c1-11-8-17(25)29-15-9-12(4-5-13(11)15)28-19(27)20(2,3)6-7-23-18(26)14(21)10-16(22)24/h4-5,8-9,14H,6-7,10,21H2,1-3H3,(H2,22,24)(H,23,26). The summed E-state index contributed by atoms with van der Waals surface area (Å²) in [5, 5.41) is 3.32. The minimum atomic E-state index is -1.03. The maximum atomic E-state index is 12.5. The highest BCUT2D eigenvalue weighted by Crippen LogP contribution is 2.26. The van der Waals surface area contributed by atoms with Gasteiger partial charge in [-0.05, 0) is 44.9 Å². The molecule has 156 valence electrons. The van der Waals surface area contributed by atoms with E-state index in [-0.39, 0.29) is 25.1 Å². The first-order valence-corrected chi connectivity index (χ1v) is 9.08. The van der Waals surface area contributed by atoms with E-state index in [1.165, 1.54) is 12.1 Å². The molecule has 9 heteroatoms. The van der Waals surface area contributed by atoms with E-state index in [2.05, 4.69) is 5.32 Å². The number of benzene rings is 1. The van der Waals surface area contributed by atoms with E-state index in [4.69, 9.17) is 20.6 Å². The van der Waals surface area contributed by atoms with Gasteiger partial charge < -0.3 is 25.9 Å². The fourth-order valence-corrected chi connectivity index (χ4v) is 2.65. The van der Waals surface area contributed by atoms with Gasteiger partial charge in [-0.1, -0.05) is 0 Å². The molecule has 0 saturated heterocycles. The molecule has 2 aromatic rings. The molecule has 2 amide bonds. The van der Waals surface area contributed by atoms with Crippen molar-refractivity contribution in [3.8, 4) is 5.75 Å². The summed E-state index contributed by atoms with van der Waals surface area (Å²) in [6.07, 6.45) is 0.0253. The lowest BCUT2D eigenvalue weighted by molar-refractivity contribution is -0.144. The van der Waals surface area contributed by atoms with Gasteiger partial charge in [0.05, 0.1) is 17.9 Å². The van der Waals surface area contributed by atoms with Crippen molar-refractivity contribution in [2.24, 2.45) is 16.9 Å². The second-order valence-corrected chi connectivity index (χ2v) is 7.50. The average molecular weight is 403 g/mol. The van der Waals surface area contributed by atoms with E-state index in [9.17, 15) is 19.2 Å². The highest BCUT2D eigenvalue weighted by molar-refractivity contribution is 5.87. The molecule has 0 spiro atoms. The summed E-state index contributed by atoms with van der Waals surface area (Å²) in [6.45, 7) is 5.31. The van der Waals surface area contributed by atoms with Crippen LogP contribution < -0.4 is 27.1 Å². The van der Waals surface area contributed by atoms with Crippen LogP contribution in [0.25, 0.3) is 11.0 Å². The molecule has 1 unspecified atom stereocenters. The number of hydrogen-bond acceptors (Lipinski definition) is 7. The number of ether oxygens (including phenoxy) is 1. The summed E-state index contributed by atoms with van der Waals surface area (Å²) in [5.41, 5.74) is 10.3. The summed E-state index contributed by atoms with van der Waals surface area (Å²) in [4.78, 5) is 46.7. The maximum Gasteiger partial charge on any atom is 0.336 e. The number of hydrogen-bond donors (Lipinski definition) is 3. The normalized spacial score (nSPS) is 12.4. The predicted octanol–water partition coefficient (Wildman–Crippen LogP) is 0.742. The minimum Gasteiger partial charge on any atom is -0.426 e. The predicted molar refractivity (Wildman–Crippen MR) is 106 cm³/mol. The van der Waals surface area contributed by atoms with E-state index >= 15 is 0 Å². The molecule has 0 aliphatic heterocycles. The van der Waals surface area contributed by atoms with Crippen molar-refractivity contribution in [1.82, 2.24) is 5.32 Å². The van der Waals surface area contributed by atoms with Crippen molar-refractivity contribution in [3.05, 3.63) is 40.2 Å². The fourth-order valence-electron chi connectivity index (χ4n) is 2.65. The Kier molecular flexibility index (Phi) is 6.76. The lowest BCUT2D eigenvalue weighted by atomic mass is 9.89. The Hall–Kier alpha value is -3.20. The molecule has 1 heterocycles. The Morgan fingerprint density at radius 2 is 1.93 bits per heavy atom. The molecule has 0 aliphatic carbocycles. The van der Waals surface area contributed by atoms with Gasteiger partial charge in [0, 0.05) is 24.1 Å². The van der Waals surface area contributed by atoms with Gasteiger partial charge in [0.2, 0.25) is 11.8 Å². The minimum absolute atomic E-state index is 0.166. The largest absolute Gasteiger partial charge is 0.426 e. The Labute approximate surface area is 167 Å². The number of fused-ring (bicyclic) bond motifs is 1. The highest BCUT2D eigenvalue weighted by Gasteiger charge is 2.30. The van der Waals surface area contributed by atoms with Gasteiger partial charge in [-0.2, -0.15) is 0 Å². The van der Waals surface area contributed by atoms with Gasteiger partial charge in [-0.3, -0.25) is 14.4 Å². The van der Waals surface area contributed by atoms with Crippen LogP contribution in [0.1, 0.15) is 32.3 Å². The van der Waals surface area contributed by atoms with Gasteiger partial charge in [-0.25, -0.2) is 4.79 Å². The fraction of sp³-hybridized carbons (Fsp3) is 0.400. The van der Waals surface area contributed by atoms with Crippen LogP contribution in [0.4, 0.5) is 0 Å². The van der Waals surface area contributed by atoms with Crippen molar-refractivity contribution in [3.63, 3.8) is 0 Å². The van der Waals surface area contributed by atoms with Gasteiger partial charge >= 0.3 is 11.6 Å². The zero-order valence-electron chi connectivity index (χ0n) is 16.6. The Morgan fingerprint density at radius 3 is 2.59 bits per heavy atom. The van der Waals surface area contributed by atoms with E-state index in [1.807, 2.05) is 0 Å². The third-order valence-corrected chi connectivity index (χ3v) is 4.49. The van der Waals surface area contributed by atoms with Crippen LogP contribution in [0, 0.1) is 12.3 Å². The van der Waals surface area contributed by atoms with Crippen LogP contribution in [0.15, 0.2) is 33.5 Å². The van der Waals surface area contributed by atoms with Gasteiger partial charge in [0.15, 0.2) is 0 Å². The van der Waals surface area contributed by atoms with Crippen LogP contribution >= 0.6 is 0 Å². The van der Waals surface area contributed by atoms with Gasteiger partial charge in [-0.15, -0.1) is 0 Å². The summed E-state index contributed by atoms with van der Waals surface area (Å²) in [6, 6.07) is 5.18. The van der Waals surface area contributed by atoms with Gasteiger partial charge in [0.25, 0.3) is 0 Å². The van der Waals surface area contributed by atoms with E-state index in [0.717, 1.165) is 10.9 Å². The lowest BCUT2D eigenvalue weighted by Gasteiger charge is -2.23. The number of rotatable bonds is 8. The molecule has 1 atom stereocenters. The molecule has 0 aliphatic rings. The number of esters is 1. The molecular formula is C20H25N3O6. The van der Waals surface area contributed by atoms with Crippen LogP contribution in [-0.4, -0.2) is 30.4 Å². The van der Waals surface area contributed by atoms with E-state index in [0.29, 0.717) is 5.58 Å². The first-order chi connectivity index (χ1) is 13.5. The third-order valence-electron chi connectivity index (χ3n) is 4.49. The number of carbonyl (C=O) groups excluding carboxylic acids is 3. The van der Waals surface area contributed by atoms with Crippen molar-refractivity contribution >= 4 is 28.8 Å². The van der Waals surface area contributed by atoms with E-state index in [1.54, 1.807) is 32.9 Å². The number of aryl methyl sites for hydroxylation is 1. The summed E-state index contributed by atoms with van der Waals surface area (Å²) >= 11 is 0. The second-order valence-electron chi connectivity index (χ2n) is 7.50. The zero-order valence-corrected chi connectivity index (χ0v) is 16.6. The molecular weight excluding hydrogens is 378 g/mol. The van der Waals surface area contributed by atoms with Crippen molar-refractivity contribution in [1.29, 1.82) is 0 Å². The molecule has 0 radical (unpaired) electrons. The Morgan fingerprint density at radius 1 is 1.24 bits per heavy atom. The molecule has 2 rings (SSSR count). The number of nitrogens with two attached hydrogens (primary N) is 2. The lowest BCUT2D eigenvalue weighted by Crippen LogP contribution is -2.44. The summed E-state index contributed by atoms with van der Waals surface area (Å²) in [7, 11) is 0. The molecule has 0 fully saturated rings. The molecule has 0 saturated carbocycles. The van der Waals surface area contributed by atoms with Crippen LogP contribution in [-0.2, 0) is 14.4 Å². The number of nitrogens with one attached hydrogen (secondary N) is 1. The maximum absolute atomic E-state index is 12.5. The molecule has 1 aromatic heterocycles. The topological polar surface area (TPSA) is 155 Å². The third kappa shape index (κ3) is 5.89. The van der Waals surface area contributed by atoms with Crippen LogP contribution in [0.3, 0.4) is 0 Å². The summed E-state index contributed by atoms with van der Waals surface area (Å²) < 4.78 is 10.6. The molecule has 5 N–H and O–H groups in total. The Bertz CT molecular complexity index is 995. The summed E-state index contributed by atoms with van der Waals surface area (Å²) in [5.74, 6) is -1.45. The van der Waals surface area contributed by atoms with E-state index < -0.39 is 34.9 Å². The molecule has 29 heavy (non-hydrogen) atoms. The zero-order chi connectivity index (χ0) is 21.8. The Balaban J connectivity index is 1.98. The molecule has 1 aromatic carbocycles. The van der Waals surface area contributed by atoms with Gasteiger partial charge in [0.1, 0.15) is 11.3 Å². The quantitative estimate of drug-likeness (QED) is 0.333. The first-order valence-electron chi connectivity index (χ1n) is 9.08. The van der Waals surface area contributed by atoms with Crippen LogP contribution in [0.2, 0.25) is 0 Å². The van der Waals surface area contributed by atoms with Crippen molar-refractivity contribution in [2.75, 3.05) is 6.54 Å². The monoisotopic (exact) mass is 403 g/mol. The average Bonchev–Trinajstić information content (AvgIpc) is 2.60. The highest BCUT2D eigenvalue weighted by atomic mass is 16.5. The SMILES string of the molecule is Cc1cc(=O)oc2cc(OC(=O)C(C)(C)CCNC(=O)C(N)CC(N)=O)ccc12. The number of carbonyl (C=O) groups is 3. The number of amides is 2. The second kappa shape index (κ2) is 8.87. The van der Waals surface area contributed by atoms with Crippen molar-refractivity contribution < 1.29 is 23.5 Å². The smallest absolute Gasteiger partial charge is 0.336 e. The van der Waals surface area contributed by atoms with Crippen LogP contribution in [0.5, 0.6) is 5.75 Å². The van der Waals surface area contributed by atoms with Crippen molar-refractivity contribution in [2.45, 2.75) is 39.7 Å². The molecule has 9 nitrogen and oxygen atoms in total. The first kappa shape index (κ1) is 22.1. The molecule has 0 bridgehead atoms.